The fourth-order valence-electron chi connectivity index (χ4n) is 4.71. The van der Waals surface area contributed by atoms with Gasteiger partial charge in [0.05, 0.1) is 28.0 Å². The lowest BCUT2D eigenvalue weighted by molar-refractivity contribution is 0.599. The average Bonchev–Trinajstić information content (AvgIpc) is 2.96. The van der Waals surface area contributed by atoms with Crippen LogP contribution in [-0.2, 0) is 10.0 Å². The Balaban J connectivity index is 0.00000194. The Morgan fingerprint density at radius 2 is 1.20 bits per heavy atom. The van der Waals surface area contributed by atoms with Crippen molar-refractivity contribution in [2.75, 3.05) is 27.7 Å². The van der Waals surface area contributed by atoms with Gasteiger partial charge in [0.25, 0.3) is 0 Å². The molecule has 0 bridgehead atoms. The Bertz CT molecular complexity index is 1840. The van der Waals surface area contributed by atoms with Crippen LogP contribution in [0.5, 0.6) is 0 Å². The summed E-state index contributed by atoms with van der Waals surface area (Å²) in [6, 6.07) is 33.1. The summed E-state index contributed by atoms with van der Waals surface area (Å²) in [6.07, 6.45) is 2.22. The standard InChI is InChI=1S/C31H27N5O2S.2BrH/c37-39(38,21-7-19-32-28-18-20-33-27-11-4-1-8-24(27)28)36-23-16-14-22(15-17-23)34-31-25-9-2-5-12-29(25)35-30-13-6-3-10-26(30)31;;/h1-6,8-18,20,36H,7,19,21H2,(H,32,33)(H,34,35);2*1H. The molecule has 6 rings (SSSR count). The molecule has 210 valence electrons. The smallest absolute Gasteiger partial charge is 0.232 e. The highest BCUT2D eigenvalue weighted by Crippen LogP contribution is 2.33. The van der Waals surface area contributed by atoms with E-state index in [0.29, 0.717) is 18.7 Å². The van der Waals surface area contributed by atoms with Crippen LogP contribution in [0.4, 0.5) is 22.7 Å². The lowest BCUT2D eigenvalue weighted by atomic mass is 10.1. The highest BCUT2D eigenvalue weighted by molar-refractivity contribution is 8.93. The van der Waals surface area contributed by atoms with Gasteiger partial charge >= 0.3 is 0 Å². The van der Waals surface area contributed by atoms with E-state index in [9.17, 15) is 8.42 Å². The maximum absolute atomic E-state index is 12.7. The van der Waals surface area contributed by atoms with E-state index < -0.39 is 10.0 Å². The lowest BCUT2D eigenvalue weighted by Gasteiger charge is -2.14. The lowest BCUT2D eigenvalue weighted by Crippen LogP contribution is -2.19. The zero-order valence-corrected chi connectivity index (χ0v) is 26.2. The number of nitrogens with zero attached hydrogens (tertiary/aromatic N) is 2. The van der Waals surface area contributed by atoms with E-state index in [1.165, 1.54) is 0 Å². The number of pyridine rings is 2. The van der Waals surface area contributed by atoms with Crippen LogP contribution >= 0.6 is 34.0 Å². The third kappa shape index (κ3) is 6.95. The van der Waals surface area contributed by atoms with Gasteiger partial charge < -0.3 is 10.6 Å². The van der Waals surface area contributed by atoms with Crippen LogP contribution in [0.2, 0.25) is 0 Å². The number of para-hydroxylation sites is 3. The quantitative estimate of drug-likeness (QED) is 0.105. The van der Waals surface area contributed by atoms with E-state index >= 15 is 0 Å². The van der Waals surface area contributed by atoms with Crippen molar-refractivity contribution in [1.82, 2.24) is 9.97 Å². The zero-order valence-electron chi connectivity index (χ0n) is 21.9. The van der Waals surface area contributed by atoms with Gasteiger partial charge in [-0.05, 0) is 55.0 Å². The van der Waals surface area contributed by atoms with Gasteiger partial charge in [-0.3, -0.25) is 9.71 Å². The van der Waals surface area contributed by atoms with Crippen molar-refractivity contribution >= 4 is 99.4 Å². The van der Waals surface area contributed by atoms with Crippen molar-refractivity contribution in [3.8, 4) is 0 Å². The summed E-state index contributed by atoms with van der Waals surface area (Å²) in [7, 11) is -3.49. The van der Waals surface area contributed by atoms with Crippen LogP contribution in [0.15, 0.2) is 109 Å². The van der Waals surface area contributed by atoms with Crippen LogP contribution in [0.1, 0.15) is 6.42 Å². The topological polar surface area (TPSA) is 96.0 Å². The van der Waals surface area contributed by atoms with E-state index in [0.717, 1.165) is 49.8 Å². The molecule has 0 fully saturated rings. The summed E-state index contributed by atoms with van der Waals surface area (Å²) in [6.45, 7) is 0.533. The molecule has 2 aromatic heterocycles. The van der Waals surface area contributed by atoms with E-state index in [4.69, 9.17) is 4.98 Å². The fraction of sp³-hybridized carbons (Fsp3) is 0.0968. The summed E-state index contributed by atoms with van der Waals surface area (Å²) < 4.78 is 28.1. The second kappa shape index (κ2) is 13.3. The molecule has 0 unspecified atom stereocenters. The van der Waals surface area contributed by atoms with E-state index in [2.05, 4.69) is 20.3 Å². The Morgan fingerprint density at radius 1 is 0.634 bits per heavy atom. The van der Waals surface area contributed by atoms with Crippen LogP contribution in [0, 0.1) is 0 Å². The van der Waals surface area contributed by atoms with Gasteiger partial charge in [-0.25, -0.2) is 13.4 Å². The summed E-state index contributed by atoms with van der Waals surface area (Å²) >= 11 is 0. The molecular formula is C31H29Br2N5O2S. The van der Waals surface area contributed by atoms with Crippen molar-refractivity contribution in [1.29, 1.82) is 0 Å². The van der Waals surface area contributed by atoms with Gasteiger partial charge in [0, 0.05) is 46.0 Å². The van der Waals surface area contributed by atoms with Crippen LogP contribution in [0.3, 0.4) is 0 Å². The van der Waals surface area contributed by atoms with Gasteiger partial charge in [0.1, 0.15) is 0 Å². The van der Waals surface area contributed by atoms with Gasteiger partial charge in [-0.1, -0.05) is 54.6 Å². The molecule has 4 aromatic carbocycles. The molecule has 0 saturated carbocycles. The van der Waals surface area contributed by atoms with Crippen LogP contribution in [0.25, 0.3) is 32.7 Å². The molecule has 0 radical (unpaired) electrons. The second-order valence-corrected chi connectivity index (χ2v) is 11.1. The van der Waals surface area contributed by atoms with Crippen LogP contribution < -0.4 is 15.4 Å². The molecule has 0 aliphatic heterocycles. The molecule has 6 aromatic rings. The minimum Gasteiger partial charge on any atom is -0.384 e. The first kappa shape index (κ1) is 30.2. The third-order valence-electron chi connectivity index (χ3n) is 6.57. The highest BCUT2D eigenvalue weighted by atomic mass is 79.9. The van der Waals surface area contributed by atoms with Gasteiger partial charge in [-0.15, -0.1) is 34.0 Å². The molecule has 3 N–H and O–H groups in total. The third-order valence-corrected chi connectivity index (χ3v) is 7.94. The first-order valence-electron chi connectivity index (χ1n) is 12.8. The number of aromatic nitrogens is 2. The largest absolute Gasteiger partial charge is 0.384 e. The SMILES string of the molecule is Br.Br.O=S(=O)(CCCNc1ccnc2ccccc12)Nc1ccc(Nc2c3ccccc3nc3ccccc23)cc1. The van der Waals surface area contributed by atoms with Crippen molar-refractivity contribution in [2.45, 2.75) is 6.42 Å². The number of hydrogen-bond acceptors (Lipinski definition) is 6. The van der Waals surface area contributed by atoms with Crippen LogP contribution in [-0.4, -0.2) is 30.7 Å². The van der Waals surface area contributed by atoms with E-state index in [1.807, 2.05) is 91.0 Å². The van der Waals surface area contributed by atoms with Crippen molar-refractivity contribution in [2.24, 2.45) is 0 Å². The number of sulfonamides is 1. The Morgan fingerprint density at radius 3 is 1.85 bits per heavy atom. The monoisotopic (exact) mass is 693 g/mol. The van der Waals surface area contributed by atoms with Crippen molar-refractivity contribution in [3.05, 3.63) is 109 Å². The number of fused-ring (bicyclic) bond motifs is 3. The molecule has 2 heterocycles. The van der Waals surface area contributed by atoms with E-state index in [-0.39, 0.29) is 39.7 Å². The molecule has 0 atom stereocenters. The molecular weight excluding hydrogens is 666 g/mol. The molecule has 41 heavy (non-hydrogen) atoms. The molecule has 7 nitrogen and oxygen atoms in total. The van der Waals surface area contributed by atoms with Crippen molar-refractivity contribution < 1.29 is 8.42 Å². The molecule has 0 saturated heterocycles. The summed E-state index contributed by atoms with van der Waals surface area (Å²) in [5.41, 5.74) is 6.03. The zero-order chi connectivity index (χ0) is 26.7. The molecule has 0 amide bonds. The summed E-state index contributed by atoms with van der Waals surface area (Å²) in [5.74, 6) is 0.0119. The number of hydrogen-bond donors (Lipinski definition) is 3. The molecule has 0 aliphatic rings. The Labute approximate surface area is 260 Å². The van der Waals surface area contributed by atoms with E-state index in [1.54, 1.807) is 18.3 Å². The number of rotatable bonds is 9. The second-order valence-electron chi connectivity index (χ2n) is 9.30. The number of halogens is 2. The Hall–Kier alpha value is -3.73. The van der Waals surface area contributed by atoms with Gasteiger partial charge in [0.2, 0.25) is 10.0 Å². The minimum absolute atomic E-state index is 0. The number of anilines is 4. The van der Waals surface area contributed by atoms with Gasteiger partial charge in [0.15, 0.2) is 0 Å². The molecule has 0 spiro atoms. The van der Waals surface area contributed by atoms with Crippen molar-refractivity contribution in [3.63, 3.8) is 0 Å². The molecule has 0 aliphatic carbocycles. The maximum atomic E-state index is 12.7. The predicted octanol–water partition coefficient (Wildman–Crippen LogP) is 8.08. The Kier molecular flexibility index (Phi) is 9.80. The summed E-state index contributed by atoms with van der Waals surface area (Å²) in [5, 5.41) is 9.92. The predicted molar refractivity (Wildman–Crippen MR) is 182 cm³/mol. The fourth-order valence-corrected chi connectivity index (χ4v) is 5.83. The summed E-state index contributed by atoms with van der Waals surface area (Å²) in [4.78, 5) is 9.13. The first-order chi connectivity index (χ1) is 19.1. The average molecular weight is 695 g/mol. The molecule has 10 heteroatoms. The highest BCUT2D eigenvalue weighted by Gasteiger charge is 2.12. The van der Waals surface area contributed by atoms with Gasteiger partial charge in [-0.2, -0.15) is 0 Å². The minimum atomic E-state index is -3.49. The number of benzene rings is 4. The maximum Gasteiger partial charge on any atom is 0.232 e. The number of nitrogens with one attached hydrogen (secondary N) is 3. The normalized spacial score (nSPS) is 11.0. The first-order valence-corrected chi connectivity index (χ1v) is 14.4.